The summed E-state index contributed by atoms with van der Waals surface area (Å²) in [5, 5.41) is 3.60. The summed E-state index contributed by atoms with van der Waals surface area (Å²) < 4.78 is 12.3. The van der Waals surface area contributed by atoms with Crippen LogP contribution in [0.4, 0.5) is 0 Å². The lowest BCUT2D eigenvalue weighted by molar-refractivity contribution is -0.249. The highest BCUT2D eigenvalue weighted by atomic mass is 16.5. The molecular formula is C22H41N5O2. The molecule has 7 nitrogen and oxygen atoms in total. The van der Waals surface area contributed by atoms with Crippen LogP contribution in [0, 0.1) is 0 Å². The summed E-state index contributed by atoms with van der Waals surface area (Å²) in [5.41, 5.74) is 0. The maximum Gasteiger partial charge on any atom is 0.149 e. The Morgan fingerprint density at radius 1 is 0.690 bits per heavy atom. The smallest absolute Gasteiger partial charge is 0.149 e. The van der Waals surface area contributed by atoms with Gasteiger partial charge in [0.15, 0.2) is 0 Å². The van der Waals surface area contributed by atoms with Crippen LogP contribution in [0.2, 0.25) is 0 Å². The van der Waals surface area contributed by atoms with E-state index in [9.17, 15) is 0 Å². The Morgan fingerprint density at radius 2 is 1.45 bits per heavy atom. The quantitative estimate of drug-likeness (QED) is 0.745. The van der Waals surface area contributed by atoms with Crippen molar-refractivity contribution in [3.63, 3.8) is 0 Å². The second-order valence-corrected chi connectivity index (χ2v) is 9.44. The fourth-order valence-electron chi connectivity index (χ4n) is 6.67. The second kappa shape index (κ2) is 9.47. The normalized spacial score (nSPS) is 39.7. The predicted octanol–water partition coefficient (Wildman–Crippen LogP) is 0.964. The van der Waals surface area contributed by atoms with Crippen LogP contribution in [0.3, 0.4) is 0 Å². The Hall–Kier alpha value is -0.280. The predicted molar refractivity (Wildman–Crippen MR) is 114 cm³/mol. The van der Waals surface area contributed by atoms with E-state index in [4.69, 9.17) is 9.47 Å². The van der Waals surface area contributed by atoms with Gasteiger partial charge < -0.3 is 14.8 Å². The molecule has 0 aromatic heterocycles. The van der Waals surface area contributed by atoms with Crippen molar-refractivity contribution >= 4 is 0 Å². The first-order chi connectivity index (χ1) is 14.4. The summed E-state index contributed by atoms with van der Waals surface area (Å²) in [4.78, 5) is 11.3. The van der Waals surface area contributed by atoms with E-state index in [-0.39, 0.29) is 12.0 Å². The SMILES string of the molecule is C1CCN(C2CCN(C3CCCCO3)C2(N2CCNCC2)N2CCOCC2)CC1. The molecule has 3 atom stereocenters. The second-order valence-electron chi connectivity index (χ2n) is 9.44. The molecule has 0 saturated carbocycles. The molecule has 29 heavy (non-hydrogen) atoms. The number of likely N-dealkylation sites (tertiary alicyclic amines) is 2. The first-order valence-corrected chi connectivity index (χ1v) is 12.3. The summed E-state index contributed by atoms with van der Waals surface area (Å²) in [7, 11) is 0. The molecule has 0 aromatic carbocycles. The molecule has 5 rings (SSSR count). The third-order valence-corrected chi connectivity index (χ3v) is 7.91. The maximum atomic E-state index is 6.44. The van der Waals surface area contributed by atoms with Gasteiger partial charge in [-0.25, -0.2) is 4.90 Å². The van der Waals surface area contributed by atoms with Crippen LogP contribution < -0.4 is 5.32 Å². The van der Waals surface area contributed by atoms with Crippen molar-refractivity contribution in [3.8, 4) is 0 Å². The van der Waals surface area contributed by atoms with E-state index in [0.29, 0.717) is 6.04 Å². The minimum Gasteiger partial charge on any atom is -0.379 e. The van der Waals surface area contributed by atoms with Crippen LogP contribution >= 0.6 is 0 Å². The molecule has 5 heterocycles. The summed E-state index contributed by atoms with van der Waals surface area (Å²) in [6.45, 7) is 12.9. The molecule has 5 aliphatic heterocycles. The molecule has 0 radical (unpaired) electrons. The van der Waals surface area contributed by atoms with E-state index in [0.717, 1.165) is 65.6 Å². The third-order valence-electron chi connectivity index (χ3n) is 7.91. The molecule has 0 amide bonds. The van der Waals surface area contributed by atoms with Crippen LogP contribution in [-0.4, -0.2) is 116 Å². The van der Waals surface area contributed by atoms with E-state index < -0.39 is 0 Å². The van der Waals surface area contributed by atoms with E-state index >= 15 is 0 Å². The average molecular weight is 408 g/mol. The fraction of sp³-hybridized carbons (Fsp3) is 1.00. The van der Waals surface area contributed by atoms with Crippen molar-refractivity contribution in [1.82, 2.24) is 24.9 Å². The van der Waals surface area contributed by atoms with Gasteiger partial charge in [-0.15, -0.1) is 0 Å². The standard InChI is InChI=1S/C22H41N5O2/c1-3-10-24(11-4-1)20-7-12-27(21-6-2-5-17-29-21)22(20,25-13-8-23-9-14-25)26-15-18-28-19-16-26/h20-21,23H,1-19H2. The van der Waals surface area contributed by atoms with Crippen molar-refractivity contribution in [2.45, 2.75) is 63.0 Å². The highest BCUT2D eigenvalue weighted by Crippen LogP contribution is 2.43. The van der Waals surface area contributed by atoms with Gasteiger partial charge in [0.1, 0.15) is 12.0 Å². The van der Waals surface area contributed by atoms with Gasteiger partial charge in [0, 0.05) is 52.4 Å². The number of piperidine rings is 1. The van der Waals surface area contributed by atoms with Gasteiger partial charge >= 0.3 is 0 Å². The van der Waals surface area contributed by atoms with Gasteiger partial charge in [-0.3, -0.25) is 14.7 Å². The number of hydrogen-bond donors (Lipinski definition) is 1. The van der Waals surface area contributed by atoms with Crippen molar-refractivity contribution in [1.29, 1.82) is 0 Å². The van der Waals surface area contributed by atoms with E-state index in [1.807, 2.05) is 0 Å². The zero-order valence-corrected chi connectivity index (χ0v) is 18.2. The number of nitrogens with zero attached hydrogens (tertiary/aromatic N) is 4. The molecule has 5 aliphatic rings. The van der Waals surface area contributed by atoms with Gasteiger partial charge in [-0.05, 0) is 51.6 Å². The lowest BCUT2D eigenvalue weighted by atomic mass is 9.98. The van der Waals surface area contributed by atoms with Crippen LogP contribution in [0.25, 0.3) is 0 Å². The zero-order chi connectivity index (χ0) is 19.5. The van der Waals surface area contributed by atoms with Crippen molar-refractivity contribution in [2.24, 2.45) is 0 Å². The molecule has 5 saturated heterocycles. The van der Waals surface area contributed by atoms with Crippen LogP contribution in [0.5, 0.6) is 0 Å². The Morgan fingerprint density at radius 3 is 2.17 bits per heavy atom. The summed E-state index contributed by atoms with van der Waals surface area (Å²) in [6.07, 6.45) is 9.36. The van der Waals surface area contributed by atoms with Crippen molar-refractivity contribution in [3.05, 3.63) is 0 Å². The third kappa shape index (κ3) is 3.88. The van der Waals surface area contributed by atoms with Gasteiger partial charge in [0.2, 0.25) is 0 Å². The van der Waals surface area contributed by atoms with Gasteiger partial charge in [-0.2, -0.15) is 0 Å². The number of morpholine rings is 1. The largest absolute Gasteiger partial charge is 0.379 e. The first-order valence-electron chi connectivity index (χ1n) is 12.3. The number of ether oxygens (including phenoxy) is 2. The number of nitrogens with one attached hydrogen (secondary N) is 1. The number of hydrogen-bond acceptors (Lipinski definition) is 7. The van der Waals surface area contributed by atoms with Gasteiger partial charge in [0.25, 0.3) is 0 Å². The molecule has 5 fully saturated rings. The highest BCUT2D eigenvalue weighted by molar-refractivity contribution is 5.08. The Labute approximate surface area is 176 Å². The number of rotatable bonds is 4. The monoisotopic (exact) mass is 407 g/mol. The highest BCUT2D eigenvalue weighted by Gasteiger charge is 2.60. The van der Waals surface area contributed by atoms with Gasteiger partial charge in [-0.1, -0.05) is 6.42 Å². The summed E-state index contributed by atoms with van der Waals surface area (Å²) in [5.74, 6) is -0.0365. The van der Waals surface area contributed by atoms with Gasteiger partial charge in [0.05, 0.1) is 19.3 Å². The topological polar surface area (TPSA) is 43.5 Å². The maximum absolute atomic E-state index is 6.44. The molecule has 0 spiro atoms. The zero-order valence-electron chi connectivity index (χ0n) is 18.2. The van der Waals surface area contributed by atoms with Crippen LogP contribution in [0.1, 0.15) is 44.9 Å². The molecule has 7 heteroatoms. The van der Waals surface area contributed by atoms with Crippen molar-refractivity contribution < 1.29 is 9.47 Å². The molecule has 166 valence electrons. The lowest BCUT2D eigenvalue weighted by Crippen LogP contribution is -2.78. The molecule has 0 aromatic rings. The van der Waals surface area contributed by atoms with Crippen LogP contribution in [-0.2, 0) is 9.47 Å². The van der Waals surface area contributed by atoms with Crippen molar-refractivity contribution in [2.75, 3.05) is 78.7 Å². The average Bonchev–Trinajstić information content (AvgIpc) is 3.23. The Bertz CT molecular complexity index is 465. The number of piperazine rings is 1. The Balaban J connectivity index is 1.53. The van der Waals surface area contributed by atoms with Crippen LogP contribution in [0.15, 0.2) is 0 Å². The van der Waals surface area contributed by atoms with E-state index in [1.54, 1.807) is 0 Å². The van der Waals surface area contributed by atoms with E-state index in [1.165, 1.54) is 58.0 Å². The molecular weight excluding hydrogens is 366 g/mol. The molecule has 0 bridgehead atoms. The molecule has 0 aliphatic carbocycles. The van der Waals surface area contributed by atoms with E-state index in [2.05, 4.69) is 24.9 Å². The lowest BCUT2D eigenvalue weighted by Gasteiger charge is -2.60. The molecule has 3 unspecified atom stereocenters. The summed E-state index contributed by atoms with van der Waals surface area (Å²) in [6, 6.07) is 0.574. The first kappa shape index (κ1) is 20.6. The minimum atomic E-state index is -0.0365. The summed E-state index contributed by atoms with van der Waals surface area (Å²) >= 11 is 0. The fourth-order valence-corrected chi connectivity index (χ4v) is 6.67. The minimum absolute atomic E-state index is 0.0365. The Kier molecular flexibility index (Phi) is 6.73. The molecule has 1 N–H and O–H groups in total.